The summed E-state index contributed by atoms with van der Waals surface area (Å²) >= 11 is 3.51. The standard InChI is InChI=1S/C23H17BrN2O4S/c1-15-4-2-7-22(24)21(15)13-26(18-9-8-17-14-30-23(27)20(17)11-18)31(28,29)19-6-3-5-16(10-19)12-25/h2-11H,13-14H2,1H3. The number of carbonyl (C=O) groups is 1. The highest BCUT2D eigenvalue weighted by Gasteiger charge is 2.29. The number of esters is 1. The minimum atomic E-state index is -4.04. The van der Waals surface area contributed by atoms with Crippen molar-refractivity contribution in [2.45, 2.75) is 25.0 Å². The van der Waals surface area contributed by atoms with Crippen molar-refractivity contribution in [3.63, 3.8) is 0 Å². The number of benzene rings is 3. The minimum Gasteiger partial charge on any atom is -0.457 e. The van der Waals surface area contributed by atoms with E-state index < -0.39 is 16.0 Å². The molecule has 3 aromatic carbocycles. The van der Waals surface area contributed by atoms with Gasteiger partial charge >= 0.3 is 5.97 Å². The molecule has 0 unspecified atom stereocenters. The first-order valence-electron chi connectivity index (χ1n) is 9.38. The molecule has 0 N–H and O–H groups in total. The number of hydrogen-bond acceptors (Lipinski definition) is 5. The van der Waals surface area contributed by atoms with Gasteiger partial charge in [0.2, 0.25) is 0 Å². The summed E-state index contributed by atoms with van der Waals surface area (Å²) in [5.74, 6) is -0.474. The van der Waals surface area contributed by atoms with Gasteiger partial charge in [-0.25, -0.2) is 13.2 Å². The molecule has 3 aromatic rings. The number of anilines is 1. The van der Waals surface area contributed by atoms with E-state index in [0.717, 1.165) is 21.2 Å². The first kappa shape index (κ1) is 21.1. The number of cyclic esters (lactones) is 1. The number of ether oxygens (including phenoxy) is 1. The van der Waals surface area contributed by atoms with Gasteiger partial charge in [-0.2, -0.15) is 5.26 Å². The van der Waals surface area contributed by atoms with Crippen LogP contribution in [0, 0.1) is 18.3 Å². The molecule has 1 aliphatic heterocycles. The van der Waals surface area contributed by atoms with Crippen molar-refractivity contribution >= 4 is 37.6 Å². The van der Waals surface area contributed by atoms with Crippen molar-refractivity contribution in [2.75, 3.05) is 4.31 Å². The summed E-state index contributed by atoms with van der Waals surface area (Å²) in [6.45, 7) is 2.12. The Kier molecular flexibility index (Phi) is 5.56. The summed E-state index contributed by atoms with van der Waals surface area (Å²) < 4.78 is 34.5. The van der Waals surface area contributed by atoms with Crippen LogP contribution >= 0.6 is 15.9 Å². The number of nitriles is 1. The van der Waals surface area contributed by atoms with E-state index in [-0.39, 0.29) is 23.6 Å². The van der Waals surface area contributed by atoms with Crippen LogP contribution in [0.3, 0.4) is 0 Å². The molecule has 0 amide bonds. The third kappa shape index (κ3) is 3.94. The molecule has 31 heavy (non-hydrogen) atoms. The molecule has 0 aromatic heterocycles. The Hall–Kier alpha value is -3.15. The summed E-state index contributed by atoms with van der Waals surface area (Å²) in [6, 6.07) is 18.4. The lowest BCUT2D eigenvalue weighted by molar-refractivity contribution is 0.0535. The van der Waals surface area contributed by atoms with Crippen molar-refractivity contribution in [2.24, 2.45) is 0 Å². The molecule has 0 aliphatic carbocycles. The van der Waals surface area contributed by atoms with Gasteiger partial charge in [0.15, 0.2) is 0 Å². The van der Waals surface area contributed by atoms with E-state index in [4.69, 9.17) is 4.74 Å². The molecule has 156 valence electrons. The average Bonchev–Trinajstić information content (AvgIpc) is 3.13. The monoisotopic (exact) mass is 496 g/mol. The molecule has 0 bridgehead atoms. The largest absolute Gasteiger partial charge is 0.457 e. The summed E-state index contributed by atoms with van der Waals surface area (Å²) in [5.41, 5.74) is 3.37. The molecule has 6 nitrogen and oxygen atoms in total. The Balaban J connectivity index is 1.88. The van der Waals surface area contributed by atoms with Crippen LogP contribution in [-0.2, 0) is 27.9 Å². The fourth-order valence-electron chi connectivity index (χ4n) is 3.44. The number of rotatable bonds is 5. The molecule has 0 saturated heterocycles. The summed E-state index contributed by atoms with van der Waals surface area (Å²) in [4.78, 5) is 12.1. The Bertz CT molecular complexity index is 1330. The maximum Gasteiger partial charge on any atom is 0.338 e. The van der Waals surface area contributed by atoms with E-state index in [1.165, 1.54) is 22.5 Å². The number of nitrogens with zero attached hydrogens (tertiary/aromatic N) is 2. The Morgan fingerprint density at radius 1 is 1.13 bits per heavy atom. The SMILES string of the molecule is Cc1cccc(Br)c1CN(c1ccc2c(c1)C(=O)OC2)S(=O)(=O)c1cccc(C#N)c1. The van der Waals surface area contributed by atoms with E-state index >= 15 is 0 Å². The maximum absolute atomic E-state index is 13.7. The van der Waals surface area contributed by atoms with E-state index in [9.17, 15) is 18.5 Å². The lowest BCUT2D eigenvalue weighted by Crippen LogP contribution is -2.31. The fraction of sp³-hybridized carbons (Fsp3) is 0.130. The van der Waals surface area contributed by atoms with E-state index in [1.54, 1.807) is 24.3 Å². The smallest absolute Gasteiger partial charge is 0.338 e. The lowest BCUT2D eigenvalue weighted by atomic mass is 10.1. The second kappa shape index (κ2) is 8.17. The maximum atomic E-state index is 13.7. The van der Waals surface area contributed by atoms with Crippen LogP contribution in [-0.4, -0.2) is 14.4 Å². The molecule has 0 radical (unpaired) electrons. The minimum absolute atomic E-state index is 0.000619. The third-order valence-corrected chi connectivity index (χ3v) is 7.68. The zero-order valence-corrected chi connectivity index (χ0v) is 18.9. The van der Waals surface area contributed by atoms with Gasteiger partial charge in [-0.3, -0.25) is 4.31 Å². The summed E-state index contributed by atoms with van der Waals surface area (Å²) in [5, 5.41) is 9.21. The van der Waals surface area contributed by atoms with Gasteiger partial charge < -0.3 is 4.74 Å². The highest BCUT2D eigenvalue weighted by atomic mass is 79.9. The van der Waals surface area contributed by atoms with Crippen molar-refractivity contribution in [1.82, 2.24) is 0 Å². The van der Waals surface area contributed by atoms with Crippen molar-refractivity contribution < 1.29 is 17.9 Å². The van der Waals surface area contributed by atoms with Crippen molar-refractivity contribution in [1.29, 1.82) is 5.26 Å². The van der Waals surface area contributed by atoms with E-state index in [1.807, 2.05) is 31.2 Å². The van der Waals surface area contributed by atoms with Crippen LogP contribution < -0.4 is 4.31 Å². The fourth-order valence-corrected chi connectivity index (χ4v) is 5.50. The van der Waals surface area contributed by atoms with Gasteiger partial charge in [0.25, 0.3) is 10.0 Å². The Morgan fingerprint density at radius 3 is 2.65 bits per heavy atom. The highest BCUT2D eigenvalue weighted by molar-refractivity contribution is 9.10. The van der Waals surface area contributed by atoms with Crippen LogP contribution in [0.15, 0.2) is 70.0 Å². The molecular formula is C23H17BrN2O4S. The van der Waals surface area contributed by atoms with Gasteiger partial charge in [-0.15, -0.1) is 0 Å². The van der Waals surface area contributed by atoms with Gasteiger partial charge in [-0.05, 0) is 54.4 Å². The number of halogens is 1. The average molecular weight is 497 g/mol. The highest BCUT2D eigenvalue weighted by Crippen LogP contribution is 2.32. The van der Waals surface area contributed by atoms with E-state index in [2.05, 4.69) is 15.9 Å². The molecule has 0 spiro atoms. The topological polar surface area (TPSA) is 87.5 Å². The van der Waals surface area contributed by atoms with Crippen LogP contribution in [0.25, 0.3) is 0 Å². The number of fused-ring (bicyclic) bond motifs is 1. The Morgan fingerprint density at radius 2 is 1.90 bits per heavy atom. The molecule has 0 atom stereocenters. The number of aryl methyl sites for hydroxylation is 1. The van der Waals surface area contributed by atoms with Crippen LogP contribution in [0.2, 0.25) is 0 Å². The van der Waals surface area contributed by atoms with Gasteiger partial charge in [0, 0.05) is 10.0 Å². The molecule has 4 rings (SSSR count). The number of sulfonamides is 1. The number of carbonyl (C=O) groups excluding carboxylic acids is 1. The zero-order chi connectivity index (χ0) is 22.2. The van der Waals surface area contributed by atoms with Crippen LogP contribution in [0.4, 0.5) is 5.69 Å². The molecule has 8 heteroatoms. The Labute approximate surface area is 188 Å². The van der Waals surface area contributed by atoms with Crippen LogP contribution in [0.1, 0.15) is 32.6 Å². The number of hydrogen-bond donors (Lipinski definition) is 0. The van der Waals surface area contributed by atoms with Crippen molar-refractivity contribution in [3.8, 4) is 6.07 Å². The predicted octanol–water partition coefficient (Wildman–Crippen LogP) is 4.70. The van der Waals surface area contributed by atoms with Gasteiger partial charge in [-0.1, -0.05) is 40.2 Å². The lowest BCUT2D eigenvalue weighted by Gasteiger charge is -2.26. The van der Waals surface area contributed by atoms with Crippen LogP contribution in [0.5, 0.6) is 0 Å². The first-order chi connectivity index (χ1) is 14.8. The van der Waals surface area contributed by atoms with E-state index in [0.29, 0.717) is 11.3 Å². The first-order valence-corrected chi connectivity index (χ1v) is 11.6. The second-order valence-electron chi connectivity index (χ2n) is 7.10. The van der Waals surface area contributed by atoms with Gasteiger partial charge in [0.05, 0.1) is 34.3 Å². The zero-order valence-electron chi connectivity index (χ0n) is 16.5. The quantitative estimate of drug-likeness (QED) is 0.477. The molecule has 0 fully saturated rings. The molecule has 1 aliphatic rings. The van der Waals surface area contributed by atoms with Crippen molar-refractivity contribution in [3.05, 3.63) is 93.0 Å². The molecular weight excluding hydrogens is 480 g/mol. The molecule has 1 heterocycles. The predicted molar refractivity (Wildman–Crippen MR) is 119 cm³/mol. The normalized spacial score (nSPS) is 12.7. The summed E-state index contributed by atoms with van der Waals surface area (Å²) in [7, 11) is -4.04. The van der Waals surface area contributed by atoms with Gasteiger partial charge in [0.1, 0.15) is 6.61 Å². The summed E-state index contributed by atoms with van der Waals surface area (Å²) in [6.07, 6.45) is 0. The third-order valence-electron chi connectivity index (χ3n) is 5.17. The second-order valence-corrected chi connectivity index (χ2v) is 9.82. The molecule has 0 saturated carbocycles.